The van der Waals surface area contributed by atoms with Gasteiger partial charge in [-0.05, 0) is 12.1 Å². The van der Waals surface area contributed by atoms with Gasteiger partial charge in [0, 0.05) is 13.0 Å². The fourth-order valence-electron chi connectivity index (χ4n) is 1.26. The number of oxazole rings is 1. The second-order valence-corrected chi connectivity index (χ2v) is 3.04. The summed E-state index contributed by atoms with van der Waals surface area (Å²) in [4.78, 5) is 14.4. The van der Waals surface area contributed by atoms with E-state index in [2.05, 4.69) is 4.98 Å². The molecule has 5 nitrogen and oxygen atoms in total. The van der Waals surface area contributed by atoms with Crippen molar-refractivity contribution in [3.63, 3.8) is 0 Å². The van der Waals surface area contributed by atoms with Crippen LogP contribution in [0.4, 0.5) is 0 Å². The number of carboxylic acids is 1. The molecule has 2 aromatic rings. The molecule has 0 bridgehead atoms. The Morgan fingerprint density at radius 3 is 3.13 bits per heavy atom. The summed E-state index contributed by atoms with van der Waals surface area (Å²) in [5.74, 6) is 0.0324. The Kier molecular flexibility index (Phi) is 2.29. The van der Waals surface area contributed by atoms with Crippen LogP contribution in [0.2, 0.25) is 0 Å². The van der Waals surface area contributed by atoms with Gasteiger partial charge in [0.25, 0.3) is 0 Å². The monoisotopic (exact) mass is 207 g/mol. The molecular weight excluding hydrogens is 198 g/mol. The third-order valence-electron chi connectivity index (χ3n) is 1.83. The highest BCUT2D eigenvalue weighted by atomic mass is 16.5. The first-order chi connectivity index (χ1) is 7.15. The molecule has 0 aliphatic heterocycles. The van der Waals surface area contributed by atoms with Crippen LogP contribution in [0.3, 0.4) is 0 Å². The van der Waals surface area contributed by atoms with E-state index < -0.39 is 5.97 Å². The van der Waals surface area contributed by atoms with Crippen molar-refractivity contribution < 1.29 is 19.1 Å². The number of fused-ring (bicyclic) bond motifs is 1. The van der Waals surface area contributed by atoms with Crippen LogP contribution in [0, 0.1) is 6.92 Å². The Labute approximate surface area is 85.3 Å². The summed E-state index contributed by atoms with van der Waals surface area (Å²) in [5.41, 5.74) is 1.32. The van der Waals surface area contributed by atoms with Crippen LogP contribution in [-0.2, 0) is 4.79 Å². The van der Waals surface area contributed by atoms with Crippen molar-refractivity contribution >= 4 is 17.1 Å². The van der Waals surface area contributed by atoms with Gasteiger partial charge in [0.2, 0.25) is 0 Å². The first-order valence-electron chi connectivity index (χ1n) is 4.37. The number of ether oxygens (including phenoxy) is 1. The van der Waals surface area contributed by atoms with E-state index in [-0.39, 0.29) is 6.61 Å². The van der Waals surface area contributed by atoms with Gasteiger partial charge in [0.05, 0.1) is 0 Å². The average molecular weight is 207 g/mol. The van der Waals surface area contributed by atoms with Crippen LogP contribution >= 0.6 is 0 Å². The van der Waals surface area contributed by atoms with E-state index in [1.165, 1.54) is 0 Å². The maximum Gasteiger partial charge on any atom is 0.341 e. The summed E-state index contributed by atoms with van der Waals surface area (Å²) >= 11 is 0. The Morgan fingerprint density at radius 2 is 2.40 bits per heavy atom. The minimum atomic E-state index is -1.01. The molecule has 78 valence electrons. The Morgan fingerprint density at radius 1 is 1.60 bits per heavy atom. The number of aliphatic carboxylic acids is 1. The van der Waals surface area contributed by atoms with E-state index in [1.54, 1.807) is 25.1 Å². The van der Waals surface area contributed by atoms with Crippen molar-refractivity contribution in [2.45, 2.75) is 6.92 Å². The lowest BCUT2D eigenvalue weighted by atomic mass is 10.3. The molecule has 1 heterocycles. The molecule has 2 rings (SSSR count). The molecule has 0 aliphatic carbocycles. The molecule has 0 unspecified atom stereocenters. The maximum atomic E-state index is 10.3. The van der Waals surface area contributed by atoms with Gasteiger partial charge in [-0.2, -0.15) is 0 Å². The first kappa shape index (κ1) is 9.51. The van der Waals surface area contributed by atoms with Gasteiger partial charge in [-0.1, -0.05) is 0 Å². The normalized spacial score (nSPS) is 10.5. The lowest BCUT2D eigenvalue weighted by Crippen LogP contribution is -2.09. The van der Waals surface area contributed by atoms with Crippen LogP contribution in [0.25, 0.3) is 11.1 Å². The van der Waals surface area contributed by atoms with Crippen molar-refractivity contribution in [3.8, 4) is 5.75 Å². The van der Waals surface area contributed by atoms with E-state index in [1.807, 2.05) is 0 Å². The quantitative estimate of drug-likeness (QED) is 0.827. The minimum Gasteiger partial charge on any atom is -0.482 e. The standard InChI is InChI=1S/C10H9NO4/c1-6-11-8-4-7(14-5-10(12)13)2-3-9(8)15-6/h2-4H,5H2,1H3,(H,12,13). The number of aromatic nitrogens is 1. The van der Waals surface area contributed by atoms with E-state index in [4.69, 9.17) is 14.3 Å². The number of aryl methyl sites for hydroxylation is 1. The fourth-order valence-corrected chi connectivity index (χ4v) is 1.26. The Bertz CT molecular complexity index is 503. The highest BCUT2D eigenvalue weighted by molar-refractivity contribution is 5.74. The molecule has 0 fully saturated rings. The van der Waals surface area contributed by atoms with E-state index >= 15 is 0 Å². The second kappa shape index (κ2) is 3.61. The molecule has 0 spiro atoms. The van der Waals surface area contributed by atoms with Crippen LogP contribution in [0.5, 0.6) is 5.75 Å². The molecule has 1 aromatic heterocycles. The van der Waals surface area contributed by atoms with Crippen LogP contribution < -0.4 is 4.74 Å². The average Bonchev–Trinajstić information content (AvgIpc) is 2.53. The smallest absolute Gasteiger partial charge is 0.341 e. The van der Waals surface area contributed by atoms with Crippen molar-refractivity contribution in [3.05, 3.63) is 24.1 Å². The van der Waals surface area contributed by atoms with Gasteiger partial charge in [0.15, 0.2) is 18.1 Å². The number of nitrogens with zero attached hydrogens (tertiary/aromatic N) is 1. The van der Waals surface area contributed by atoms with E-state index in [0.29, 0.717) is 22.7 Å². The highest BCUT2D eigenvalue weighted by Gasteiger charge is 2.04. The summed E-state index contributed by atoms with van der Waals surface area (Å²) in [7, 11) is 0. The topological polar surface area (TPSA) is 72.6 Å². The zero-order chi connectivity index (χ0) is 10.8. The molecule has 1 N–H and O–H groups in total. The third kappa shape index (κ3) is 2.07. The highest BCUT2D eigenvalue weighted by Crippen LogP contribution is 2.20. The Balaban J connectivity index is 2.26. The molecule has 0 saturated heterocycles. The lowest BCUT2D eigenvalue weighted by Gasteiger charge is -2.01. The van der Waals surface area contributed by atoms with Crippen LogP contribution in [0.15, 0.2) is 22.6 Å². The first-order valence-corrected chi connectivity index (χ1v) is 4.37. The van der Waals surface area contributed by atoms with Gasteiger partial charge >= 0.3 is 5.97 Å². The van der Waals surface area contributed by atoms with Crippen molar-refractivity contribution in [1.82, 2.24) is 4.98 Å². The van der Waals surface area contributed by atoms with E-state index in [9.17, 15) is 4.79 Å². The molecule has 0 radical (unpaired) electrons. The fraction of sp³-hybridized carbons (Fsp3) is 0.200. The number of hydrogen-bond acceptors (Lipinski definition) is 4. The predicted octanol–water partition coefficient (Wildman–Crippen LogP) is 1.60. The molecule has 0 aliphatic rings. The van der Waals surface area contributed by atoms with Crippen molar-refractivity contribution in [2.24, 2.45) is 0 Å². The van der Waals surface area contributed by atoms with E-state index in [0.717, 1.165) is 0 Å². The summed E-state index contributed by atoms with van der Waals surface area (Å²) in [6, 6.07) is 5.00. The lowest BCUT2D eigenvalue weighted by molar-refractivity contribution is -0.139. The Hall–Kier alpha value is -2.04. The van der Waals surface area contributed by atoms with Gasteiger partial charge in [-0.15, -0.1) is 0 Å². The van der Waals surface area contributed by atoms with Gasteiger partial charge < -0.3 is 14.3 Å². The van der Waals surface area contributed by atoms with Gasteiger partial charge in [-0.25, -0.2) is 9.78 Å². The van der Waals surface area contributed by atoms with Crippen LogP contribution in [0.1, 0.15) is 5.89 Å². The number of hydrogen-bond donors (Lipinski definition) is 1. The molecular formula is C10H9NO4. The third-order valence-corrected chi connectivity index (χ3v) is 1.83. The zero-order valence-corrected chi connectivity index (χ0v) is 8.06. The molecule has 15 heavy (non-hydrogen) atoms. The molecule has 0 atom stereocenters. The van der Waals surface area contributed by atoms with Crippen molar-refractivity contribution in [2.75, 3.05) is 6.61 Å². The summed E-state index contributed by atoms with van der Waals surface area (Å²) in [6.07, 6.45) is 0. The van der Waals surface area contributed by atoms with Gasteiger partial charge in [-0.3, -0.25) is 0 Å². The zero-order valence-electron chi connectivity index (χ0n) is 8.06. The van der Waals surface area contributed by atoms with Crippen molar-refractivity contribution in [1.29, 1.82) is 0 Å². The number of carboxylic acid groups (broad SMARTS) is 1. The predicted molar refractivity (Wildman–Crippen MR) is 51.9 cm³/mol. The largest absolute Gasteiger partial charge is 0.482 e. The number of rotatable bonds is 3. The molecule has 0 amide bonds. The SMILES string of the molecule is Cc1nc2cc(OCC(=O)O)ccc2o1. The number of benzene rings is 1. The van der Waals surface area contributed by atoms with Gasteiger partial charge in [0.1, 0.15) is 11.3 Å². The number of carbonyl (C=O) groups is 1. The summed E-state index contributed by atoms with van der Waals surface area (Å²) < 4.78 is 10.3. The maximum absolute atomic E-state index is 10.3. The second-order valence-electron chi connectivity index (χ2n) is 3.04. The molecule has 5 heteroatoms. The summed E-state index contributed by atoms with van der Waals surface area (Å²) in [6.45, 7) is 1.39. The minimum absolute atomic E-state index is 0.359. The molecule has 1 aromatic carbocycles. The summed E-state index contributed by atoms with van der Waals surface area (Å²) in [5, 5.41) is 8.43. The molecule has 0 saturated carbocycles. The van der Waals surface area contributed by atoms with Crippen LogP contribution in [-0.4, -0.2) is 22.7 Å².